The molecule has 2 heterocycles. The zero-order valence-corrected chi connectivity index (χ0v) is 18.5. The van der Waals surface area contributed by atoms with E-state index >= 15 is 0 Å². The number of nitrogens with zero attached hydrogens (tertiary/aromatic N) is 2. The number of hydrogen-bond acceptors (Lipinski definition) is 7. The lowest BCUT2D eigenvalue weighted by Gasteiger charge is -2.26. The SMILES string of the molecule is CC(C)(C)c1c(NC(Cc2ccc(Nc3nccc4cnccc34)cc2)C(=O)O)c(=O)c1=O. The van der Waals surface area contributed by atoms with Crippen molar-refractivity contribution < 1.29 is 9.90 Å². The van der Waals surface area contributed by atoms with Gasteiger partial charge in [-0.15, -0.1) is 0 Å². The summed E-state index contributed by atoms with van der Waals surface area (Å²) in [5, 5.41) is 17.7. The van der Waals surface area contributed by atoms with Gasteiger partial charge < -0.3 is 15.7 Å². The lowest BCUT2D eigenvalue weighted by atomic mass is 9.82. The first-order chi connectivity index (χ1) is 15.6. The van der Waals surface area contributed by atoms with Crippen LogP contribution in [0, 0.1) is 0 Å². The molecule has 4 rings (SSSR count). The smallest absolute Gasteiger partial charge is 0.326 e. The van der Waals surface area contributed by atoms with E-state index in [0.29, 0.717) is 11.4 Å². The summed E-state index contributed by atoms with van der Waals surface area (Å²) >= 11 is 0. The Kier molecular flexibility index (Phi) is 5.68. The molecule has 168 valence electrons. The Labute approximate surface area is 190 Å². The number of carboxylic acid groups (broad SMARTS) is 1. The Morgan fingerprint density at radius 3 is 2.42 bits per heavy atom. The Hall–Kier alpha value is -4.07. The van der Waals surface area contributed by atoms with E-state index in [2.05, 4.69) is 20.6 Å². The summed E-state index contributed by atoms with van der Waals surface area (Å²) in [5.74, 6) is -0.402. The second-order valence-corrected chi connectivity index (χ2v) is 8.98. The first-order valence-corrected chi connectivity index (χ1v) is 10.5. The van der Waals surface area contributed by atoms with Gasteiger partial charge in [0.2, 0.25) is 10.9 Å². The van der Waals surface area contributed by atoms with E-state index in [9.17, 15) is 19.5 Å². The number of pyridine rings is 2. The van der Waals surface area contributed by atoms with Gasteiger partial charge in [0.1, 0.15) is 11.9 Å². The molecule has 8 nitrogen and oxygen atoms in total. The number of benzene rings is 1. The Morgan fingerprint density at radius 1 is 1.03 bits per heavy atom. The van der Waals surface area contributed by atoms with Crippen LogP contribution in [0.5, 0.6) is 0 Å². The van der Waals surface area contributed by atoms with E-state index in [4.69, 9.17) is 0 Å². The molecule has 0 aliphatic heterocycles. The molecule has 0 aliphatic rings. The third-order valence-electron chi connectivity index (χ3n) is 5.50. The fourth-order valence-electron chi connectivity index (χ4n) is 3.83. The molecule has 0 bridgehead atoms. The minimum absolute atomic E-state index is 0.106. The van der Waals surface area contributed by atoms with E-state index < -0.39 is 28.3 Å². The molecule has 33 heavy (non-hydrogen) atoms. The second kappa shape index (κ2) is 8.46. The van der Waals surface area contributed by atoms with Crippen LogP contribution in [0.2, 0.25) is 0 Å². The normalized spacial score (nSPS) is 12.6. The highest BCUT2D eigenvalue weighted by Crippen LogP contribution is 2.27. The quantitative estimate of drug-likeness (QED) is 0.371. The van der Waals surface area contributed by atoms with E-state index in [0.717, 1.165) is 22.0 Å². The van der Waals surface area contributed by atoms with E-state index in [1.54, 1.807) is 18.6 Å². The number of carboxylic acids is 1. The number of fused-ring (bicyclic) bond motifs is 1. The van der Waals surface area contributed by atoms with Gasteiger partial charge in [0.05, 0.1) is 5.69 Å². The van der Waals surface area contributed by atoms with Crippen LogP contribution in [-0.4, -0.2) is 27.1 Å². The highest BCUT2D eigenvalue weighted by Gasteiger charge is 2.32. The fraction of sp³-hybridized carbons (Fsp3) is 0.240. The number of aliphatic carboxylic acids is 1. The van der Waals surface area contributed by atoms with Gasteiger partial charge in [0.25, 0.3) is 0 Å². The Balaban J connectivity index is 1.51. The van der Waals surface area contributed by atoms with Gasteiger partial charge in [0.15, 0.2) is 0 Å². The molecule has 0 saturated carbocycles. The van der Waals surface area contributed by atoms with Crippen molar-refractivity contribution in [3.05, 3.63) is 86.6 Å². The zero-order chi connectivity index (χ0) is 23.8. The summed E-state index contributed by atoms with van der Waals surface area (Å²) in [6.07, 6.45) is 5.33. The molecule has 3 N–H and O–H groups in total. The van der Waals surface area contributed by atoms with Crippen LogP contribution in [0.15, 0.2) is 64.6 Å². The van der Waals surface area contributed by atoms with Crippen molar-refractivity contribution in [2.24, 2.45) is 0 Å². The summed E-state index contributed by atoms with van der Waals surface area (Å²) in [7, 11) is 0. The van der Waals surface area contributed by atoms with Crippen LogP contribution < -0.4 is 21.5 Å². The molecule has 0 saturated heterocycles. The minimum atomic E-state index is -1.10. The van der Waals surface area contributed by atoms with Crippen LogP contribution >= 0.6 is 0 Å². The lowest BCUT2D eigenvalue weighted by molar-refractivity contribution is -0.137. The molecule has 0 fully saturated rings. The molecule has 0 radical (unpaired) electrons. The van der Waals surface area contributed by atoms with Gasteiger partial charge >= 0.3 is 5.97 Å². The van der Waals surface area contributed by atoms with Crippen LogP contribution in [0.4, 0.5) is 17.2 Å². The predicted molar refractivity (Wildman–Crippen MR) is 128 cm³/mol. The summed E-state index contributed by atoms with van der Waals surface area (Å²) in [5.41, 5.74) is 0.256. The number of rotatable bonds is 7. The minimum Gasteiger partial charge on any atom is -0.480 e. The molecule has 0 aliphatic carbocycles. The van der Waals surface area contributed by atoms with Crippen molar-refractivity contribution in [1.82, 2.24) is 9.97 Å². The maximum atomic E-state index is 12.1. The maximum absolute atomic E-state index is 12.1. The number of anilines is 3. The standard InChI is InChI=1S/C25H24N4O4/c1-25(2,3)19-20(22(31)21(19)30)29-18(24(32)33)12-14-4-6-16(7-5-14)28-23-17-9-10-26-13-15(17)8-11-27-23/h4-11,13,18,29H,12H2,1-3H3,(H,27,28)(H,32,33). The molecule has 2 aromatic carbocycles. The second-order valence-electron chi connectivity index (χ2n) is 8.98. The highest BCUT2D eigenvalue weighted by molar-refractivity contribution is 5.92. The van der Waals surface area contributed by atoms with Crippen molar-refractivity contribution >= 4 is 33.9 Å². The van der Waals surface area contributed by atoms with Crippen molar-refractivity contribution in [1.29, 1.82) is 0 Å². The van der Waals surface area contributed by atoms with Gasteiger partial charge in [0, 0.05) is 47.0 Å². The first kappa shape index (κ1) is 22.1. The molecular formula is C25H24N4O4. The fourth-order valence-corrected chi connectivity index (χ4v) is 3.83. The van der Waals surface area contributed by atoms with Gasteiger partial charge in [-0.1, -0.05) is 32.9 Å². The molecule has 0 amide bonds. The Morgan fingerprint density at radius 2 is 1.76 bits per heavy atom. The highest BCUT2D eigenvalue weighted by atomic mass is 16.4. The Bertz CT molecular complexity index is 1390. The molecule has 1 unspecified atom stereocenters. The van der Waals surface area contributed by atoms with E-state index in [1.807, 2.05) is 57.2 Å². The van der Waals surface area contributed by atoms with Crippen LogP contribution in [0.25, 0.3) is 10.8 Å². The van der Waals surface area contributed by atoms with Gasteiger partial charge in [-0.3, -0.25) is 14.6 Å². The average molecular weight is 444 g/mol. The molecule has 1 atom stereocenters. The predicted octanol–water partition coefficient (Wildman–Crippen LogP) is 3.37. The van der Waals surface area contributed by atoms with Gasteiger partial charge in [-0.2, -0.15) is 0 Å². The summed E-state index contributed by atoms with van der Waals surface area (Å²) < 4.78 is 0. The number of hydrogen-bond donors (Lipinski definition) is 3. The topological polar surface area (TPSA) is 121 Å². The monoisotopic (exact) mass is 444 g/mol. The van der Waals surface area contributed by atoms with Crippen molar-refractivity contribution in [2.45, 2.75) is 38.6 Å². The number of carbonyl (C=O) groups is 1. The third kappa shape index (κ3) is 4.45. The maximum Gasteiger partial charge on any atom is 0.326 e. The largest absolute Gasteiger partial charge is 0.480 e. The van der Waals surface area contributed by atoms with E-state index in [-0.39, 0.29) is 12.1 Å². The van der Waals surface area contributed by atoms with Crippen molar-refractivity contribution in [3.63, 3.8) is 0 Å². The van der Waals surface area contributed by atoms with Crippen LogP contribution in [0.1, 0.15) is 31.9 Å². The van der Waals surface area contributed by atoms with Crippen LogP contribution in [0.3, 0.4) is 0 Å². The zero-order valence-electron chi connectivity index (χ0n) is 18.5. The van der Waals surface area contributed by atoms with Crippen molar-refractivity contribution in [3.8, 4) is 0 Å². The van der Waals surface area contributed by atoms with Gasteiger partial charge in [-0.05, 0) is 35.2 Å². The van der Waals surface area contributed by atoms with E-state index in [1.165, 1.54) is 0 Å². The molecule has 8 heteroatoms. The van der Waals surface area contributed by atoms with Gasteiger partial charge in [-0.25, -0.2) is 9.78 Å². The number of aromatic nitrogens is 2. The summed E-state index contributed by atoms with van der Waals surface area (Å²) in [6, 6.07) is 10.0. The summed E-state index contributed by atoms with van der Waals surface area (Å²) in [4.78, 5) is 44.4. The first-order valence-electron chi connectivity index (χ1n) is 10.5. The van der Waals surface area contributed by atoms with Crippen molar-refractivity contribution in [2.75, 3.05) is 10.6 Å². The number of nitrogens with one attached hydrogen (secondary N) is 2. The summed E-state index contributed by atoms with van der Waals surface area (Å²) in [6.45, 7) is 5.45. The average Bonchev–Trinajstić information content (AvgIpc) is 2.78. The lowest BCUT2D eigenvalue weighted by Crippen LogP contribution is -2.46. The third-order valence-corrected chi connectivity index (χ3v) is 5.50. The molecule has 4 aromatic rings. The molecular weight excluding hydrogens is 420 g/mol. The molecule has 2 aromatic heterocycles. The van der Waals surface area contributed by atoms with Crippen LogP contribution in [-0.2, 0) is 16.6 Å². The molecule has 0 spiro atoms.